The number of benzene rings is 1. The first kappa shape index (κ1) is 19.2. The van der Waals surface area contributed by atoms with Gasteiger partial charge in [0, 0.05) is 24.9 Å². The van der Waals surface area contributed by atoms with Crippen molar-refractivity contribution in [2.75, 3.05) is 13.2 Å². The van der Waals surface area contributed by atoms with E-state index in [4.69, 9.17) is 9.26 Å². The van der Waals surface area contributed by atoms with Crippen LogP contribution >= 0.6 is 0 Å². The minimum atomic E-state index is -4.59. The highest BCUT2D eigenvalue weighted by molar-refractivity contribution is 6.01. The zero-order valence-electron chi connectivity index (χ0n) is 14.8. The van der Waals surface area contributed by atoms with Crippen LogP contribution in [0.2, 0.25) is 0 Å². The molecule has 1 aromatic carbocycles. The van der Waals surface area contributed by atoms with Crippen LogP contribution in [0.4, 0.5) is 13.2 Å². The average Bonchev–Trinajstić information content (AvgIpc) is 3.18. The van der Waals surface area contributed by atoms with E-state index in [2.05, 4.69) is 5.16 Å². The third-order valence-corrected chi connectivity index (χ3v) is 4.41. The minimum Gasteiger partial charge on any atom is -0.493 e. The Hall–Kier alpha value is -2.58. The summed E-state index contributed by atoms with van der Waals surface area (Å²) in [5.74, 6) is 0.0529. The van der Waals surface area contributed by atoms with E-state index in [1.807, 2.05) is 6.92 Å². The van der Waals surface area contributed by atoms with Gasteiger partial charge in [0.2, 0.25) is 11.8 Å². The molecule has 0 spiro atoms. The Balaban J connectivity index is 1.73. The molecule has 2 aromatic rings. The number of hydrogen-bond acceptors (Lipinski definition) is 5. The van der Waals surface area contributed by atoms with Crippen LogP contribution in [0.5, 0.6) is 5.75 Å². The molecule has 1 aliphatic rings. The van der Waals surface area contributed by atoms with Gasteiger partial charge in [-0.1, -0.05) is 18.5 Å². The molecule has 0 radical (unpaired) electrons. The number of aromatic nitrogens is 1. The summed E-state index contributed by atoms with van der Waals surface area (Å²) in [6, 6.07) is 2.77. The zero-order valence-corrected chi connectivity index (χ0v) is 14.8. The van der Waals surface area contributed by atoms with Crippen LogP contribution in [0.1, 0.15) is 43.9 Å². The molecule has 0 saturated carbocycles. The van der Waals surface area contributed by atoms with Crippen molar-refractivity contribution < 1.29 is 32.0 Å². The Morgan fingerprint density at radius 2 is 1.93 bits per heavy atom. The summed E-state index contributed by atoms with van der Waals surface area (Å²) in [5, 5.41) is 3.09. The second-order valence-corrected chi connectivity index (χ2v) is 6.34. The number of alkyl halides is 3. The highest BCUT2D eigenvalue weighted by Crippen LogP contribution is 2.38. The van der Waals surface area contributed by atoms with Crippen LogP contribution in [0.25, 0.3) is 11.0 Å². The largest absolute Gasteiger partial charge is 0.493 e. The fourth-order valence-electron chi connectivity index (χ4n) is 3.14. The minimum absolute atomic E-state index is 0.0755. The van der Waals surface area contributed by atoms with Crippen LogP contribution in [0.3, 0.4) is 0 Å². The van der Waals surface area contributed by atoms with Crippen molar-refractivity contribution in [3.8, 4) is 5.75 Å². The summed E-state index contributed by atoms with van der Waals surface area (Å²) in [4.78, 5) is 24.4. The number of imide groups is 1. The molecule has 146 valence electrons. The van der Waals surface area contributed by atoms with Crippen molar-refractivity contribution >= 4 is 22.8 Å². The number of ether oxygens (including phenoxy) is 1. The van der Waals surface area contributed by atoms with Gasteiger partial charge in [0.05, 0.1) is 12.0 Å². The first-order valence-electron chi connectivity index (χ1n) is 8.77. The Morgan fingerprint density at radius 3 is 2.56 bits per heavy atom. The van der Waals surface area contributed by atoms with Gasteiger partial charge >= 0.3 is 6.18 Å². The molecule has 1 saturated heterocycles. The van der Waals surface area contributed by atoms with Gasteiger partial charge in [-0.3, -0.25) is 14.5 Å². The van der Waals surface area contributed by atoms with E-state index in [0.717, 1.165) is 0 Å². The number of carbonyl (C=O) groups excluding carboxylic acids is 2. The fraction of sp³-hybridized carbons (Fsp3) is 0.500. The predicted molar refractivity (Wildman–Crippen MR) is 89.1 cm³/mol. The smallest absolute Gasteiger partial charge is 0.437 e. The average molecular weight is 384 g/mol. The molecule has 6 nitrogen and oxygen atoms in total. The van der Waals surface area contributed by atoms with Crippen molar-refractivity contribution in [1.29, 1.82) is 0 Å². The normalized spacial score (nSPS) is 15.2. The number of halogens is 3. The van der Waals surface area contributed by atoms with Gasteiger partial charge in [0.25, 0.3) is 0 Å². The molecule has 9 heteroatoms. The van der Waals surface area contributed by atoms with E-state index in [9.17, 15) is 22.8 Å². The lowest BCUT2D eigenvalue weighted by atomic mass is 10.0. The van der Waals surface area contributed by atoms with E-state index in [1.54, 1.807) is 0 Å². The quantitative estimate of drug-likeness (QED) is 0.537. The van der Waals surface area contributed by atoms with Crippen LogP contribution in [-0.2, 0) is 22.2 Å². The van der Waals surface area contributed by atoms with E-state index >= 15 is 0 Å². The van der Waals surface area contributed by atoms with Crippen LogP contribution in [0, 0.1) is 0 Å². The molecular formula is C18H19F3N2O4. The van der Waals surface area contributed by atoms with Crippen molar-refractivity contribution in [2.45, 2.75) is 45.2 Å². The molecule has 0 aliphatic carbocycles. The molecular weight excluding hydrogens is 365 g/mol. The molecule has 0 atom stereocenters. The Labute approximate surface area is 153 Å². The molecule has 0 unspecified atom stereocenters. The standard InChI is InChI=1S/C18H19F3N2O4/c1-2-4-11-13(26-10-3-9-23-14(24)7-8-15(23)25)6-5-12-16(11)27-22-17(12)18(19,20)21/h5-6H,2-4,7-10H2,1H3. The maximum atomic E-state index is 13.0. The highest BCUT2D eigenvalue weighted by atomic mass is 19.4. The Bertz CT molecular complexity index is 844. The first-order valence-corrected chi connectivity index (χ1v) is 8.77. The number of likely N-dealkylation sites (tertiary alicyclic amines) is 1. The number of amides is 2. The molecule has 27 heavy (non-hydrogen) atoms. The lowest BCUT2D eigenvalue weighted by molar-refractivity contribution is -0.141. The van der Waals surface area contributed by atoms with Gasteiger partial charge in [-0.15, -0.1) is 0 Å². The number of hydrogen-bond donors (Lipinski definition) is 0. The zero-order chi connectivity index (χ0) is 19.6. The molecule has 2 heterocycles. The van der Waals surface area contributed by atoms with E-state index in [1.165, 1.54) is 17.0 Å². The molecule has 0 bridgehead atoms. The van der Waals surface area contributed by atoms with Gasteiger partial charge < -0.3 is 9.26 Å². The SMILES string of the molecule is CCCc1c(OCCCN2C(=O)CCC2=O)ccc2c(C(F)(F)F)noc12. The monoisotopic (exact) mass is 384 g/mol. The highest BCUT2D eigenvalue weighted by Gasteiger charge is 2.37. The van der Waals surface area contributed by atoms with Gasteiger partial charge in [0.15, 0.2) is 11.3 Å². The summed E-state index contributed by atoms with van der Waals surface area (Å²) in [7, 11) is 0. The Morgan fingerprint density at radius 1 is 1.22 bits per heavy atom. The van der Waals surface area contributed by atoms with Crippen LogP contribution in [-0.4, -0.2) is 35.0 Å². The summed E-state index contributed by atoms with van der Waals surface area (Å²) < 4.78 is 49.7. The number of aryl methyl sites for hydroxylation is 1. The third-order valence-electron chi connectivity index (χ3n) is 4.41. The maximum absolute atomic E-state index is 13.0. The van der Waals surface area contributed by atoms with E-state index < -0.39 is 11.9 Å². The topological polar surface area (TPSA) is 72.6 Å². The van der Waals surface area contributed by atoms with Crippen molar-refractivity contribution in [3.05, 3.63) is 23.4 Å². The summed E-state index contributed by atoms with van der Waals surface area (Å²) in [6.45, 7) is 2.39. The first-order chi connectivity index (χ1) is 12.8. The van der Waals surface area contributed by atoms with Gasteiger partial charge in [-0.25, -0.2) is 0 Å². The molecule has 1 aromatic heterocycles. The number of rotatable bonds is 7. The number of carbonyl (C=O) groups is 2. The maximum Gasteiger partial charge on any atom is 0.437 e. The van der Waals surface area contributed by atoms with Gasteiger partial charge in [-0.05, 0) is 25.0 Å². The molecule has 3 rings (SSSR count). The lowest BCUT2D eigenvalue weighted by Gasteiger charge is -2.15. The van der Waals surface area contributed by atoms with Crippen LogP contribution in [0.15, 0.2) is 16.7 Å². The predicted octanol–water partition coefficient (Wildman–Crippen LogP) is 3.72. The number of nitrogens with zero attached hydrogens (tertiary/aromatic N) is 2. The summed E-state index contributed by atoms with van der Waals surface area (Å²) in [6.07, 6.45) is -2.51. The number of fused-ring (bicyclic) bond motifs is 1. The van der Waals surface area contributed by atoms with Crippen molar-refractivity contribution in [2.24, 2.45) is 0 Å². The van der Waals surface area contributed by atoms with Crippen LogP contribution < -0.4 is 4.74 Å². The fourth-order valence-corrected chi connectivity index (χ4v) is 3.14. The summed E-state index contributed by atoms with van der Waals surface area (Å²) in [5.41, 5.74) is -0.439. The molecule has 1 fully saturated rings. The van der Waals surface area contributed by atoms with Crippen molar-refractivity contribution in [3.63, 3.8) is 0 Å². The second kappa shape index (κ2) is 7.58. The lowest BCUT2D eigenvalue weighted by Crippen LogP contribution is -2.30. The van der Waals surface area contributed by atoms with Gasteiger partial charge in [-0.2, -0.15) is 13.2 Å². The van der Waals surface area contributed by atoms with Gasteiger partial charge in [0.1, 0.15) is 5.75 Å². The molecule has 1 aliphatic heterocycles. The molecule has 0 N–H and O–H groups in total. The third kappa shape index (κ3) is 3.91. The van der Waals surface area contributed by atoms with E-state index in [0.29, 0.717) is 30.6 Å². The second-order valence-electron chi connectivity index (χ2n) is 6.34. The Kier molecular flexibility index (Phi) is 5.38. The molecule has 2 amide bonds. The van der Waals surface area contributed by atoms with Crippen molar-refractivity contribution in [1.82, 2.24) is 10.1 Å². The summed E-state index contributed by atoms with van der Waals surface area (Å²) >= 11 is 0. The van der Waals surface area contributed by atoms with E-state index in [-0.39, 0.29) is 48.8 Å².